The van der Waals surface area contributed by atoms with Crippen LogP contribution in [0.15, 0.2) is 64.2 Å². The molecular weight excluding hydrogens is 396 g/mol. The predicted molar refractivity (Wildman–Crippen MR) is 120 cm³/mol. The number of nitrogens with zero attached hydrogens (tertiary/aromatic N) is 2. The number of aryl methyl sites for hydroxylation is 2. The molecule has 0 atom stereocenters. The van der Waals surface area contributed by atoms with Crippen molar-refractivity contribution in [1.29, 1.82) is 0 Å². The van der Waals surface area contributed by atoms with Crippen molar-refractivity contribution in [2.24, 2.45) is 0 Å². The summed E-state index contributed by atoms with van der Waals surface area (Å²) in [7, 11) is 1.67. The predicted octanol–water partition coefficient (Wildman–Crippen LogP) is 5.47. The van der Waals surface area contributed by atoms with Gasteiger partial charge in [0.1, 0.15) is 11.3 Å². The molecule has 2 aromatic carbocycles. The minimum absolute atomic E-state index is 0.0889. The Bertz CT molecular complexity index is 1140. The number of rotatable bonds is 8. The number of fused-ring (bicyclic) bond motifs is 1. The van der Waals surface area contributed by atoms with Crippen LogP contribution in [0.5, 0.6) is 5.75 Å². The zero-order chi connectivity index (χ0) is 21.1. The number of benzene rings is 2. The number of para-hydroxylation sites is 2. The SMILES string of the molecule is COc1ccc(CCn2c(C)cc(C(=O)CSc3nc4ccccc4o3)c2C)cc1. The topological polar surface area (TPSA) is 57.3 Å². The number of thioether (sulfide) groups is 1. The summed E-state index contributed by atoms with van der Waals surface area (Å²) in [5.74, 6) is 1.25. The smallest absolute Gasteiger partial charge is 0.257 e. The summed E-state index contributed by atoms with van der Waals surface area (Å²) in [5.41, 5.74) is 5.65. The average molecular weight is 421 g/mol. The van der Waals surface area contributed by atoms with Crippen LogP contribution in [0.4, 0.5) is 0 Å². The number of ether oxygens (including phenoxy) is 1. The van der Waals surface area contributed by atoms with Crippen molar-refractivity contribution in [3.8, 4) is 5.75 Å². The van der Waals surface area contributed by atoms with Crippen molar-refractivity contribution in [3.63, 3.8) is 0 Å². The standard InChI is InChI=1S/C24H24N2O3S/c1-16-14-20(17(2)26(16)13-12-18-8-10-19(28-3)11-9-18)22(27)15-30-24-25-21-6-4-5-7-23(21)29-24/h4-11,14H,12-13,15H2,1-3H3. The highest BCUT2D eigenvalue weighted by molar-refractivity contribution is 7.99. The number of methoxy groups -OCH3 is 1. The normalized spacial score (nSPS) is 11.2. The Morgan fingerprint density at radius 1 is 1.13 bits per heavy atom. The monoisotopic (exact) mass is 420 g/mol. The molecule has 6 heteroatoms. The van der Waals surface area contributed by atoms with Crippen molar-refractivity contribution < 1.29 is 13.9 Å². The second-order valence-electron chi connectivity index (χ2n) is 7.19. The molecule has 0 saturated heterocycles. The number of oxazole rings is 1. The van der Waals surface area contributed by atoms with E-state index in [0.717, 1.165) is 46.8 Å². The second-order valence-corrected chi connectivity index (χ2v) is 8.12. The number of aromatic nitrogens is 2. The van der Waals surface area contributed by atoms with Crippen LogP contribution in [0, 0.1) is 13.8 Å². The zero-order valence-corrected chi connectivity index (χ0v) is 18.2. The van der Waals surface area contributed by atoms with Gasteiger partial charge in [-0.15, -0.1) is 0 Å². The van der Waals surface area contributed by atoms with Gasteiger partial charge >= 0.3 is 0 Å². The number of Topliss-reactive ketones (excluding diaryl/α,β-unsaturated/α-hetero) is 1. The lowest BCUT2D eigenvalue weighted by atomic mass is 10.1. The number of carbonyl (C=O) groups excluding carboxylic acids is 1. The molecule has 30 heavy (non-hydrogen) atoms. The molecule has 0 spiro atoms. The van der Waals surface area contributed by atoms with Gasteiger partial charge in [0.05, 0.1) is 12.9 Å². The maximum absolute atomic E-state index is 12.8. The Balaban J connectivity index is 1.41. The van der Waals surface area contributed by atoms with E-state index in [1.165, 1.54) is 17.3 Å². The molecule has 0 N–H and O–H groups in total. The molecule has 0 radical (unpaired) electrons. The Morgan fingerprint density at radius 3 is 2.63 bits per heavy atom. The minimum atomic E-state index is 0.0889. The van der Waals surface area contributed by atoms with E-state index in [1.54, 1.807) is 7.11 Å². The van der Waals surface area contributed by atoms with Gasteiger partial charge in [-0.1, -0.05) is 36.0 Å². The molecular formula is C24H24N2O3S. The van der Waals surface area contributed by atoms with Gasteiger partial charge in [0.15, 0.2) is 11.4 Å². The van der Waals surface area contributed by atoms with E-state index in [9.17, 15) is 4.79 Å². The fourth-order valence-electron chi connectivity index (χ4n) is 3.58. The number of carbonyl (C=O) groups is 1. The van der Waals surface area contributed by atoms with Crippen molar-refractivity contribution in [1.82, 2.24) is 9.55 Å². The van der Waals surface area contributed by atoms with Gasteiger partial charge in [0.2, 0.25) is 0 Å². The maximum atomic E-state index is 12.8. The third kappa shape index (κ3) is 4.28. The molecule has 154 valence electrons. The largest absolute Gasteiger partial charge is 0.497 e. The Labute approximate surface area is 180 Å². The highest BCUT2D eigenvalue weighted by Gasteiger charge is 2.17. The summed E-state index contributed by atoms with van der Waals surface area (Å²) in [5, 5.41) is 0.526. The van der Waals surface area contributed by atoms with Crippen molar-refractivity contribution in [2.75, 3.05) is 12.9 Å². The molecule has 0 aliphatic rings. The first-order valence-electron chi connectivity index (χ1n) is 9.86. The van der Waals surface area contributed by atoms with E-state index in [0.29, 0.717) is 11.0 Å². The van der Waals surface area contributed by atoms with E-state index in [2.05, 4.69) is 21.7 Å². The highest BCUT2D eigenvalue weighted by Crippen LogP contribution is 2.25. The third-order valence-electron chi connectivity index (χ3n) is 5.26. The van der Waals surface area contributed by atoms with Crippen LogP contribution >= 0.6 is 11.8 Å². The third-order valence-corrected chi connectivity index (χ3v) is 6.09. The van der Waals surface area contributed by atoms with Crippen LogP contribution in [-0.4, -0.2) is 28.2 Å². The Kier molecular flexibility index (Phi) is 5.95. The summed E-state index contributed by atoms with van der Waals surface area (Å²) in [4.78, 5) is 17.3. The molecule has 0 unspecified atom stereocenters. The summed E-state index contributed by atoms with van der Waals surface area (Å²) in [6, 6.07) is 17.7. The van der Waals surface area contributed by atoms with E-state index < -0.39 is 0 Å². The molecule has 0 amide bonds. The van der Waals surface area contributed by atoms with Crippen molar-refractivity contribution >= 4 is 28.6 Å². The van der Waals surface area contributed by atoms with E-state index in [-0.39, 0.29) is 5.78 Å². The minimum Gasteiger partial charge on any atom is -0.497 e. The molecule has 0 bridgehead atoms. The van der Waals surface area contributed by atoms with Crippen LogP contribution in [-0.2, 0) is 13.0 Å². The van der Waals surface area contributed by atoms with E-state index >= 15 is 0 Å². The van der Waals surface area contributed by atoms with Gasteiger partial charge in [0, 0.05) is 23.5 Å². The zero-order valence-electron chi connectivity index (χ0n) is 17.3. The van der Waals surface area contributed by atoms with Crippen LogP contribution < -0.4 is 4.74 Å². The second kappa shape index (κ2) is 8.79. The first-order valence-corrected chi connectivity index (χ1v) is 10.8. The van der Waals surface area contributed by atoms with Gasteiger partial charge in [-0.25, -0.2) is 4.98 Å². The first kappa shape index (κ1) is 20.3. The van der Waals surface area contributed by atoms with E-state index in [1.807, 2.05) is 56.3 Å². The summed E-state index contributed by atoms with van der Waals surface area (Å²) in [6.07, 6.45) is 0.894. The molecule has 0 aliphatic carbocycles. The van der Waals surface area contributed by atoms with Gasteiger partial charge in [-0.05, 0) is 56.2 Å². The number of ketones is 1. The quantitative estimate of drug-likeness (QED) is 0.279. The van der Waals surface area contributed by atoms with Crippen molar-refractivity contribution in [3.05, 3.63) is 77.1 Å². The van der Waals surface area contributed by atoms with Crippen LogP contribution in [0.3, 0.4) is 0 Å². The van der Waals surface area contributed by atoms with Crippen LogP contribution in [0.1, 0.15) is 27.3 Å². The van der Waals surface area contributed by atoms with E-state index in [4.69, 9.17) is 9.15 Å². The first-order chi connectivity index (χ1) is 14.5. The molecule has 4 aromatic rings. The Hall–Kier alpha value is -2.99. The fourth-order valence-corrected chi connectivity index (χ4v) is 4.30. The highest BCUT2D eigenvalue weighted by atomic mass is 32.2. The van der Waals surface area contributed by atoms with Gasteiger partial charge in [-0.2, -0.15) is 0 Å². The summed E-state index contributed by atoms with van der Waals surface area (Å²) >= 11 is 1.34. The lowest BCUT2D eigenvalue weighted by Crippen LogP contribution is -2.08. The van der Waals surface area contributed by atoms with Crippen LogP contribution in [0.25, 0.3) is 11.1 Å². The average Bonchev–Trinajstić information content (AvgIpc) is 3.31. The lowest BCUT2D eigenvalue weighted by Gasteiger charge is -2.10. The lowest BCUT2D eigenvalue weighted by molar-refractivity contribution is 0.102. The van der Waals surface area contributed by atoms with Crippen LogP contribution in [0.2, 0.25) is 0 Å². The molecule has 0 fully saturated rings. The number of hydrogen-bond acceptors (Lipinski definition) is 5. The Morgan fingerprint density at radius 2 is 1.90 bits per heavy atom. The molecule has 0 aliphatic heterocycles. The number of hydrogen-bond donors (Lipinski definition) is 0. The molecule has 0 saturated carbocycles. The van der Waals surface area contributed by atoms with Crippen molar-refractivity contribution in [2.45, 2.75) is 32.0 Å². The van der Waals surface area contributed by atoms with Gasteiger partial charge in [0.25, 0.3) is 5.22 Å². The van der Waals surface area contributed by atoms with Gasteiger partial charge < -0.3 is 13.7 Å². The molecule has 2 aromatic heterocycles. The maximum Gasteiger partial charge on any atom is 0.257 e. The fraction of sp³-hybridized carbons (Fsp3) is 0.250. The summed E-state index contributed by atoms with van der Waals surface area (Å²) < 4.78 is 13.1. The molecule has 2 heterocycles. The summed E-state index contributed by atoms with van der Waals surface area (Å²) in [6.45, 7) is 4.89. The molecule has 4 rings (SSSR count). The molecule has 5 nitrogen and oxygen atoms in total. The van der Waals surface area contributed by atoms with Gasteiger partial charge in [-0.3, -0.25) is 4.79 Å².